The van der Waals surface area contributed by atoms with Crippen molar-refractivity contribution >= 4 is 29.0 Å². The highest BCUT2D eigenvalue weighted by Crippen LogP contribution is 2.42. The van der Waals surface area contributed by atoms with Crippen molar-refractivity contribution in [2.45, 2.75) is 45.2 Å². The summed E-state index contributed by atoms with van der Waals surface area (Å²) in [5, 5.41) is 9.25. The van der Waals surface area contributed by atoms with Crippen LogP contribution in [0.3, 0.4) is 0 Å². The number of hydrogen-bond acceptors (Lipinski definition) is 5. The molecule has 2 heterocycles. The van der Waals surface area contributed by atoms with Gasteiger partial charge in [-0.3, -0.25) is 4.79 Å². The summed E-state index contributed by atoms with van der Waals surface area (Å²) < 4.78 is 1.95. The van der Waals surface area contributed by atoms with E-state index < -0.39 is 0 Å². The molecule has 2 N–H and O–H groups in total. The van der Waals surface area contributed by atoms with E-state index in [9.17, 15) is 4.79 Å². The van der Waals surface area contributed by atoms with E-state index in [4.69, 9.17) is 5.73 Å². The molecule has 7 heteroatoms. The van der Waals surface area contributed by atoms with E-state index in [-0.39, 0.29) is 11.7 Å². The number of nitrogens with zero attached hydrogens (tertiary/aromatic N) is 3. The zero-order valence-electron chi connectivity index (χ0n) is 14.6. The molecule has 0 saturated carbocycles. The highest BCUT2D eigenvalue weighted by atomic mass is 32.2. The maximum Gasteiger partial charge on any atom is 0.227 e. The summed E-state index contributed by atoms with van der Waals surface area (Å²) >= 11 is 3.16. The average molecular weight is 365 g/mol. The maximum atomic E-state index is 11.0. The van der Waals surface area contributed by atoms with E-state index in [1.54, 1.807) is 0 Å². The molecule has 0 aliphatic heterocycles. The minimum absolute atomic E-state index is 0.222. The largest absolute Gasteiger partial charge is 0.369 e. The second-order valence-electron chi connectivity index (χ2n) is 7.48. The van der Waals surface area contributed by atoms with Crippen LogP contribution in [0.15, 0.2) is 11.2 Å². The van der Waals surface area contributed by atoms with Crippen molar-refractivity contribution in [2.75, 3.05) is 5.75 Å². The van der Waals surface area contributed by atoms with E-state index >= 15 is 0 Å². The fourth-order valence-electron chi connectivity index (χ4n) is 3.16. The standard InChI is InChI=1S/C17H24N4OS2/c1-17(2,3)11-5-6-12-10(7-11)8-13(24-12)15-19-20-16(21(15)4)23-9-14(18)22/h8,11H,5-7,9H2,1-4H3,(H2,18,22)/t11-/m0/s1. The van der Waals surface area contributed by atoms with Crippen molar-refractivity contribution in [2.24, 2.45) is 24.1 Å². The fourth-order valence-corrected chi connectivity index (χ4v) is 5.04. The summed E-state index contributed by atoms with van der Waals surface area (Å²) in [6, 6.07) is 2.28. The Balaban J connectivity index is 1.83. The molecule has 0 unspecified atom stereocenters. The highest BCUT2D eigenvalue weighted by Gasteiger charge is 2.30. The molecule has 0 spiro atoms. The predicted octanol–water partition coefficient (Wildman–Crippen LogP) is 3.27. The van der Waals surface area contributed by atoms with E-state index in [0.29, 0.717) is 5.41 Å². The number of thiophene rings is 1. The normalized spacial score (nSPS) is 17.8. The summed E-state index contributed by atoms with van der Waals surface area (Å²) in [4.78, 5) is 13.6. The van der Waals surface area contributed by atoms with Crippen LogP contribution in [0.5, 0.6) is 0 Å². The van der Waals surface area contributed by atoms with Crippen LogP contribution in [0.25, 0.3) is 10.7 Å². The van der Waals surface area contributed by atoms with Gasteiger partial charge in [-0.05, 0) is 42.2 Å². The Bertz CT molecular complexity index is 757. The molecule has 2 aromatic rings. The van der Waals surface area contributed by atoms with Crippen LogP contribution in [-0.2, 0) is 24.7 Å². The topological polar surface area (TPSA) is 73.8 Å². The monoisotopic (exact) mass is 364 g/mol. The van der Waals surface area contributed by atoms with Gasteiger partial charge in [0.15, 0.2) is 11.0 Å². The Labute approximate surface area is 151 Å². The molecule has 1 aliphatic rings. The number of carbonyl (C=O) groups excluding carboxylic acids is 1. The van der Waals surface area contributed by atoms with Crippen molar-refractivity contribution in [3.05, 3.63) is 16.5 Å². The summed E-state index contributed by atoms with van der Waals surface area (Å²) in [5.41, 5.74) is 7.03. The second kappa shape index (κ2) is 6.52. The number of thioether (sulfide) groups is 1. The number of fused-ring (bicyclic) bond motifs is 1. The smallest absolute Gasteiger partial charge is 0.227 e. The van der Waals surface area contributed by atoms with Gasteiger partial charge in [-0.1, -0.05) is 32.5 Å². The summed E-state index contributed by atoms with van der Waals surface area (Å²) in [5.74, 6) is 1.48. The van der Waals surface area contributed by atoms with Gasteiger partial charge in [-0.2, -0.15) is 0 Å². The lowest BCUT2D eigenvalue weighted by molar-refractivity contribution is -0.115. The second-order valence-corrected chi connectivity index (χ2v) is 9.56. The van der Waals surface area contributed by atoms with Crippen LogP contribution in [0, 0.1) is 11.3 Å². The molecule has 0 bridgehead atoms. The number of carbonyl (C=O) groups is 1. The lowest BCUT2D eigenvalue weighted by atomic mass is 9.72. The van der Waals surface area contributed by atoms with Crippen molar-refractivity contribution in [3.8, 4) is 10.7 Å². The Morgan fingerprint density at radius 2 is 2.21 bits per heavy atom. The van der Waals surface area contributed by atoms with Gasteiger partial charge in [0, 0.05) is 11.9 Å². The van der Waals surface area contributed by atoms with Gasteiger partial charge < -0.3 is 10.3 Å². The molecular weight excluding hydrogens is 340 g/mol. The molecule has 3 rings (SSSR count). The number of aromatic nitrogens is 3. The van der Waals surface area contributed by atoms with Crippen LogP contribution < -0.4 is 5.73 Å². The zero-order chi connectivity index (χ0) is 17.5. The number of amides is 1. The lowest BCUT2D eigenvalue weighted by Crippen LogP contribution is -2.26. The highest BCUT2D eigenvalue weighted by molar-refractivity contribution is 7.99. The van der Waals surface area contributed by atoms with Crippen LogP contribution >= 0.6 is 23.1 Å². The molecule has 2 aromatic heterocycles. The van der Waals surface area contributed by atoms with E-state index in [1.807, 2.05) is 23.0 Å². The summed E-state index contributed by atoms with van der Waals surface area (Å²) in [7, 11) is 1.94. The van der Waals surface area contributed by atoms with Gasteiger partial charge in [-0.15, -0.1) is 21.5 Å². The minimum Gasteiger partial charge on any atom is -0.369 e. The molecule has 24 heavy (non-hydrogen) atoms. The number of hydrogen-bond donors (Lipinski definition) is 1. The third kappa shape index (κ3) is 3.52. The molecule has 1 aliphatic carbocycles. The third-order valence-corrected chi connectivity index (χ3v) is 6.98. The maximum absolute atomic E-state index is 11.0. The average Bonchev–Trinajstić information content (AvgIpc) is 3.06. The van der Waals surface area contributed by atoms with Crippen molar-refractivity contribution < 1.29 is 4.79 Å². The van der Waals surface area contributed by atoms with Crippen molar-refractivity contribution in [3.63, 3.8) is 0 Å². The predicted molar refractivity (Wildman–Crippen MR) is 99.2 cm³/mol. The van der Waals surface area contributed by atoms with Gasteiger partial charge in [0.05, 0.1) is 10.6 Å². The molecule has 0 aromatic carbocycles. The number of aryl methyl sites for hydroxylation is 1. The van der Waals surface area contributed by atoms with Crippen LogP contribution in [0.1, 0.15) is 37.6 Å². The first-order valence-electron chi connectivity index (χ1n) is 8.18. The Morgan fingerprint density at radius 3 is 2.88 bits per heavy atom. The molecular formula is C17H24N4OS2. The van der Waals surface area contributed by atoms with Crippen LogP contribution in [0.2, 0.25) is 0 Å². The first-order valence-corrected chi connectivity index (χ1v) is 9.98. The Hall–Kier alpha value is -1.34. The molecule has 130 valence electrons. The zero-order valence-corrected chi connectivity index (χ0v) is 16.3. The molecule has 1 atom stereocenters. The van der Waals surface area contributed by atoms with Gasteiger partial charge in [0.1, 0.15) is 0 Å². The molecule has 5 nitrogen and oxygen atoms in total. The Morgan fingerprint density at radius 1 is 1.46 bits per heavy atom. The van der Waals surface area contributed by atoms with Gasteiger partial charge in [0.2, 0.25) is 5.91 Å². The number of primary amides is 1. The van der Waals surface area contributed by atoms with Gasteiger partial charge in [0.25, 0.3) is 0 Å². The lowest BCUT2D eigenvalue weighted by Gasteiger charge is -2.33. The van der Waals surface area contributed by atoms with Crippen LogP contribution in [-0.4, -0.2) is 26.4 Å². The minimum atomic E-state index is -0.343. The molecule has 1 amide bonds. The van der Waals surface area contributed by atoms with E-state index in [2.05, 4.69) is 37.0 Å². The SMILES string of the molecule is Cn1c(SCC(N)=O)nnc1-c1cc2c(s1)CC[C@H](C(C)(C)C)C2. The third-order valence-electron chi connectivity index (χ3n) is 4.71. The number of nitrogens with two attached hydrogens (primary N) is 1. The van der Waals surface area contributed by atoms with E-state index in [1.165, 1.54) is 28.6 Å². The fraction of sp³-hybridized carbons (Fsp3) is 0.588. The summed E-state index contributed by atoms with van der Waals surface area (Å²) in [6.07, 6.45) is 3.56. The van der Waals surface area contributed by atoms with Crippen LogP contribution in [0.4, 0.5) is 0 Å². The Kier molecular flexibility index (Phi) is 4.75. The molecule has 0 fully saturated rings. The first kappa shape index (κ1) is 17.5. The van der Waals surface area contributed by atoms with Crippen molar-refractivity contribution in [1.29, 1.82) is 0 Å². The van der Waals surface area contributed by atoms with Crippen molar-refractivity contribution in [1.82, 2.24) is 14.8 Å². The first-order chi connectivity index (χ1) is 11.3. The summed E-state index contributed by atoms with van der Waals surface area (Å²) in [6.45, 7) is 7.00. The molecule has 0 saturated heterocycles. The van der Waals surface area contributed by atoms with Gasteiger partial charge in [-0.25, -0.2) is 0 Å². The number of rotatable bonds is 4. The van der Waals surface area contributed by atoms with Gasteiger partial charge >= 0.3 is 0 Å². The van der Waals surface area contributed by atoms with E-state index in [0.717, 1.165) is 34.6 Å². The quantitative estimate of drug-likeness (QED) is 0.845. The molecule has 0 radical (unpaired) electrons.